The zero-order valence-electron chi connectivity index (χ0n) is 6.06. The monoisotopic (exact) mass is 280 g/mol. The number of hydrogen-bond donors (Lipinski definition) is 4. The molecule has 0 unspecified atom stereocenters. The molecule has 1 rings (SSSR count). The van der Waals surface area contributed by atoms with E-state index in [-0.39, 0.29) is 46.3 Å². The van der Waals surface area contributed by atoms with Gasteiger partial charge in [0.05, 0.1) is 0 Å². The molecule has 1 saturated heterocycles. The van der Waals surface area contributed by atoms with Gasteiger partial charge in [-0.05, 0) is 0 Å². The van der Waals surface area contributed by atoms with Gasteiger partial charge < -0.3 is 22.9 Å². The topological polar surface area (TPSA) is 94.1 Å². The number of piperazine rings is 1. The Bertz CT molecular complexity index is 30.7. The predicted molar refractivity (Wildman–Crippen MR) is 56.4 cm³/mol. The Hall–Kier alpha value is 0.800. The summed E-state index contributed by atoms with van der Waals surface area (Å²) in [4.78, 5) is 0. The van der Waals surface area contributed by atoms with E-state index in [1.807, 2.05) is 0 Å². The van der Waals surface area contributed by atoms with E-state index < -0.39 is 0 Å². The molecule has 1 aliphatic heterocycles. The van der Waals surface area contributed by atoms with E-state index in [1.165, 1.54) is 0 Å². The van der Waals surface area contributed by atoms with Crippen molar-refractivity contribution in [3.05, 3.63) is 0 Å². The number of halogens is 2. The molecule has 0 aromatic rings. The third-order valence-electron chi connectivity index (χ3n) is 0.957. The quantitative estimate of drug-likeness (QED) is 0.525. The van der Waals surface area contributed by atoms with E-state index >= 15 is 0 Å². The third-order valence-corrected chi connectivity index (χ3v) is 0.957. The molecule has 0 saturated carbocycles. The van der Waals surface area contributed by atoms with Crippen LogP contribution in [0.3, 0.4) is 0 Å². The van der Waals surface area contributed by atoms with Crippen LogP contribution in [0, 0.1) is 0 Å². The minimum absolute atomic E-state index is 0. The Morgan fingerprint density at radius 2 is 0.800 bits per heavy atom. The van der Waals surface area contributed by atoms with Gasteiger partial charge in [0.1, 0.15) is 0 Å². The molecule has 0 aromatic carbocycles. The zero-order chi connectivity index (χ0) is 4.24. The first-order valence-corrected chi connectivity index (χ1v) is 2.41. The summed E-state index contributed by atoms with van der Waals surface area (Å²) in [6.07, 6.45) is 0. The summed E-state index contributed by atoms with van der Waals surface area (Å²) >= 11 is 0. The van der Waals surface area contributed by atoms with Crippen LogP contribution in [0.4, 0.5) is 0 Å². The third kappa shape index (κ3) is 11.6. The van der Waals surface area contributed by atoms with Crippen LogP contribution < -0.4 is 22.9 Å². The molecule has 6 heteroatoms. The molecule has 0 amide bonds. The highest BCUT2D eigenvalue weighted by molar-refractivity contribution is 8.93. The van der Waals surface area contributed by atoms with Crippen molar-refractivity contribution in [3.8, 4) is 0 Å². The van der Waals surface area contributed by atoms with Gasteiger partial charge in [-0.3, -0.25) is 0 Å². The molecule has 1 fully saturated rings. The van der Waals surface area contributed by atoms with Crippen LogP contribution in [0.2, 0.25) is 0 Å². The van der Waals surface area contributed by atoms with Gasteiger partial charge in [-0.1, -0.05) is 0 Å². The van der Waals surface area contributed by atoms with E-state index in [0.717, 1.165) is 26.2 Å². The SMILES string of the molecule is Br.Br.C1CNCCN1.N.N. The molecule has 0 bridgehead atoms. The minimum atomic E-state index is 0. The van der Waals surface area contributed by atoms with Gasteiger partial charge in [-0.15, -0.1) is 34.0 Å². The van der Waals surface area contributed by atoms with Gasteiger partial charge in [0.25, 0.3) is 0 Å². The normalized spacial score (nSPS) is 14.4. The molecular weight excluding hydrogens is 264 g/mol. The van der Waals surface area contributed by atoms with Crippen molar-refractivity contribution in [2.24, 2.45) is 0 Å². The van der Waals surface area contributed by atoms with Crippen molar-refractivity contribution in [2.75, 3.05) is 26.2 Å². The van der Waals surface area contributed by atoms with Crippen molar-refractivity contribution in [3.63, 3.8) is 0 Å². The Balaban J connectivity index is -0.0000000450. The van der Waals surface area contributed by atoms with Crippen molar-refractivity contribution in [2.45, 2.75) is 0 Å². The standard InChI is InChI=1S/C4H10N2.2BrH.2H3N/c1-2-6-4-3-5-1;;;;/h5-6H,1-4H2;2*1H;2*1H3. The highest BCUT2D eigenvalue weighted by Crippen LogP contribution is 1.65. The van der Waals surface area contributed by atoms with Gasteiger partial charge in [-0.25, -0.2) is 0 Å². The van der Waals surface area contributed by atoms with Gasteiger partial charge in [0.2, 0.25) is 0 Å². The lowest BCUT2D eigenvalue weighted by Gasteiger charge is -2.11. The Kier molecular flexibility index (Phi) is 36.8. The lowest BCUT2D eigenvalue weighted by atomic mass is 10.4. The predicted octanol–water partition coefficient (Wildman–Crippen LogP) is 0.659. The summed E-state index contributed by atoms with van der Waals surface area (Å²) in [5.41, 5.74) is 0. The molecule has 0 atom stereocenters. The maximum absolute atomic E-state index is 3.22. The second-order valence-corrected chi connectivity index (χ2v) is 1.50. The van der Waals surface area contributed by atoms with Gasteiger partial charge >= 0.3 is 0 Å². The number of hydrogen-bond acceptors (Lipinski definition) is 4. The van der Waals surface area contributed by atoms with Crippen LogP contribution in [-0.2, 0) is 0 Å². The maximum atomic E-state index is 3.22. The molecule has 0 aliphatic carbocycles. The molecule has 8 N–H and O–H groups in total. The fourth-order valence-electron chi connectivity index (χ4n) is 0.604. The number of rotatable bonds is 0. The molecule has 4 nitrogen and oxygen atoms in total. The van der Waals surface area contributed by atoms with Crippen LogP contribution in [0.25, 0.3) is 0 Å². The minimum Gasteiger partial charge on any atom is -0.344 e. The Morgan fingerprint density at radius 1 is 0.600 bits per heavy atom. The summed E-state index contributed by atoms with van der Waals surface area (Å²) in [6.45, 7) is 4.56. The first kappa shape index (κ1) is 22.4. The van der Waals surface area contributed by atoms with E-state index in [2.05, 4.69) is 10.6 Å². The van der Waals surface area contributed by atoms with Crippen molar-refractivity contribution < 1.29 is 0 Å². The van der Waals surface area contributed by atoms with Crippen LogP contribution in [-0.4, -0.2) is 26.2 Å². The average molecular weight is 282 g/mol. The van der Waals surface area contributed by atoms with E-state index in [1.54, 1.807) is 0 Å². The lowest BCUT2D eigenvalue weighted by molar-refractivity contribution is 0.534. The fraction of sp³-hybridized carbons (Fsp3) is 1.00. The molecule has 68 valence electrons. The smallest absolute Gasteiger partial charge is 0.00772 e. The first-order chi connectivity index (χ1) is 3.00. The first-order valence-electron chi connectivity index (χ1n) is 2.41. The summed E-state index contributed by atoms with van der Waals surface area (Å²) < 4.78 is 0. The summed E-state index contributed by atoms with van der Waals surface area (Å²) in [5.74, 6) is 0. The van der Waals surface area contributed by atoms with Crippen molar-refractivity contribution in [1.82, 2.24) is 22.9 Å². The van der Waals surface area contributed by atoms with E-state index in [0.29, 0.717) is 0 Å². The molecular formula is C4H18Br2N4. The summed E-state index contributed by atoms with van der Waals surface area (Å²) in [7, 11) is 0. The van der Waals surface area contributed by atoms with E-state index in [9.17, 15) is 0 Å². The lowest BCUT2D eigenvalue weighted by Crippen LogP contribution is -2.39. The Morgan fingerprint density at radius 3 is 0.900 bits per heavy atom. The van der Waals surface area contributed by atoms with Gasteiger partial charge in [0, 0.05) is 26.2 Å². The summed E-state index contributed by atoms with van der Waals surface area (Å²) in [5, 5.41) is 6.44. The largest absolute Gasteiger partial charge is 0.344 e. The van der Waals surface area contributed by atoms with Crippen LogP contribution >= 0.6 is 34.0 Å². The summed E-state index contributed by atoms with van der Waals surface area (Å²) in [6, 6.07) is 0. The zero-order valence-corrected chi connectivity index (χ0v) is 9.49. The molecule has 1 aliphatic rings. The highest BCUT2D eigenvalue weighted by atomic mass is 79.9. The molecule has 10 heavy (non-hydrogen) atoms. The molecule has 1 heterocycles. The van der Waals surface area contributed by atoms with Crippen LogP contribution in [0.15, 0.2) is 0 Å². The maximum Gasteiger partial charge on any atom is 0.00772 e. The molecule has 0 radical (unpaired) electrons. The second kappa shape index (κ2) is 16.4. The molecule has 0 aromatic heterocycles. The van der Waals surface area contributed by atoms with Crippen molar-refractivity contribution in [1.29, 1.82) is 0 Å². The molecule has 0 spiro atoms. The van der Waals surface area contributed by atoms with Gasteiger partial charge in [0.15, 0.2) is 0 Å². The van der Waals surface area contributed by atoms with E-state index in [4.69, 9.17) is 0 Å². The second-order valence-electron chi connectivity index (χ2n) is 1.50. The number of nitrogens with one attached hydrogen (secondary N) is 2. The highest BCUT2D eigenvalue weighted by Gasteiger charge is 1.91. The van der Waals surface area contributed by atoms with Crippen LogP contribution in [0.5, 0.6) is 0 Å². The van der Waals surface area contributed by atoms with Crippen LogP contribution in [0.1, 0.15) is 0 Å². The Labute approximate surface area is 83.2 Å². The van der Waals surface area contributed by atoms with Crippen molar-refractivity contribution >= 4 is 34.0 Å². The van der Waals surface area contributed by atoms with Gasteiger partial charge in [-0.2, -0.15) is 0 Å². The fourth-order valence-corrected chi connectivity index (χ4v) is 0.604. The average Bonchev–Trinajstić information content (AvgIpc) is 1.72.